The molecule has 7 nitrogen and oxygen atoms in total. The van der Waals surface area contributed by atoms with E-state index in [0.29, 0.717) is 0 Å². The summed E-state index contributed by atoms with van der Waals surface area (Å²) in [5.41, 5.74) is 0.280. The second kappa shape index (κ2) is 7.87. The highest BCUT2D eigenvalue weighted by Gasteiger charge is 2.23. The molecule has 0 aliphatic carbocycles. The predicted molar refractivity (Wildman–Crippen MR) is 72.5 cm³/mol. The number of aliphatic carboxylic acids is 1. The Labute approximate surface area is 121 Å². The summed E-state index contributed by atoms with van der Waals surface area (Å²) in [6, 6.07) is 7.17. The topological polar surface area (TPSA) is 120 Å². The molecule has 0 aliphatic heterocycles. The number of nitriles is 1. The number of aliphatic hydroxyl groups excluding tert-OH is 1. The summed E-state index contributed by atoms with van der Waals surface area (Å²) in [7, 11) is 0. The average Bonchev–Trinajstić information content (AvgIpc) is 2.47. The van der Waals surface area contributed by atoms with Crippen molar-refractivity contribution < 1.29 is 24.5 Å². The predicted octanol–water partition coefficient (Wildman–Crippen LogP) is 0.277. The van der Waals surface area contributed by atoms with Crippen molar-refractivity contribution in [1.82, 2.24) is 5.32 Å². The molecule has 0 saturated heterocycles. The fraction of sp³-hybridized carbons (Fsp3) is 0.357. The van der Waals surface area contributed by atoms with Gasteiger partial charge in [-0.1, -0.05) is 12.1 Å². The lowest BCUT2D eigenvalue weighted by atomic mass is 10.2. The number of carboxylic acid groups (broad SMARTS) is 1. The van der Waals surface area contributed by atoms with Gasteiger partial charge in [0.25, 0.3) is 5.91 Å². The summed E-state index contributed by atoms with van der Waals surface area (Å²) in [5, 5.41) is 28.8. The lowest BCUT2D eigenvalue weighted by Crippen LogP contribution is -2.46. The van der Waals surface area contributed by atoms with Gasteiger partial charge in [0.05, 0.1) is 5.56 Å². The molecule has 0 aliphatic rings. The van der Waals surface area contributed by atoms with Crippen LogP contribution in [0.3, 0.4) is 0 Å². The van der Waals surface area contributed by atoms with Crippen molar-refractivity contribution in [2.75, 3.05) is 6.61 Å². The van der Waals surface area contributed by atoms with Crippen LogP contribution < -0.4 is 10.1 Å². The van der Waals surface area contributed by atoms with Gasteiger partial charge in [-0.25, -0.2) is 4.79 Å². The highest BCUT2D eigenvalue weighted by molar-refractivity contribution is 5.86. The highest BCUT2D eigenvalue weighted by Crippen LogP contribution is 2.18. The standard InChI is InChI=1S/C14H16N2O5/c1-9(13(18)16-11(6-7-17)14(19)20)21-12-5-3-2-4-10(12)8-15/h2-5,9,11,17H,6-7H2,1H3,(H,16,18)(H,19,20). The van der Waals surface area contributed by atoms with E-state index in [1.54, 1.807) is 24.3 Å². The zero-order chi connectivity index (χ0) is 15.8. The molecule has 21 heavy (non-hydrogen) atoms. The largest absolute Gasteiger partial charge is 0.480 e. The number of carboxylic acids is 1. The first-order valence-corrected chi connectivity index (χ1v) is 6.29. The van der Waals surface area contributed by atoms with Crippen molar-refractivity contribution >= 4 is 11.9 Å². The fourth-order valence-electron chi connectivity index (χ4n) is 1.58. The van der Waals surface area contributed by atoms with E-state index in [1.165, 1.54) is 6.92 Å². The van der Waals surface area contributed by atoms with Gasteiger partial charge in [0.15, 0.2) is 6.10 Å². The lowest BCUT2D eigenvalue weighted by Gasteiger charge is -2.18. The molecule has 3 N–H and O–H groups in total. The van der Waals surface area contributed by atoms with Gasteiger partial charge in [-0.3, -0.25) is 4.79 Å². The maximum Gasteiger partial charge on any atom is 0.326 e. The summed E-state index contributed by atoms with van der Waals surface area (Å²) < 4.78 is 5.37. The van der Waals surface area contributed by atoms with Crippen molar-refractivity contribution in [2.45, 2.75) is 25.5 Å². The van der Waals surface area contributed by atoms with E-state index in [1.807, 2.05) is 6.07 Å². The minimum absolute atomic E-state index is 0.0947. The molecule has 112 valence electrons. The van der Waals surface area contributed by atoms with E-state index in [9.17, 15) is 9.59 Å². The zero-order valence-electron chi connectivity index (χ0n) is 11.4. The molecule has 0 aromatic heterocycles. The lowest BCUT2D eigenvalue weighted by molar-refractivity contribution is -0.143. The summed E-state index contributed by atoms with van der Waals surface area (Å²) in [6.07, 6.45) is -1.07. The molecule has 0 bridgehead atoms. The third-order valence-corrected chi connectivity index (χ3v) is 2.71. The Morgan fingerprint density at radius 1 is 1.43 bits per heavy atom. The molecule has 1 aromatic carbocycles. The van der Waals surface area contributed by atoms with E-state index in [0.717, 1.165) is 0 Å². The molecular formula is C14H16N2O5. The van der Waals surface area contributed by atoms with Crippen LogP contribution in [-0.4, -0.2) is 40.8 Å². The number of aliphatic hydroxyl groups is 1. The van der Waals surface area contributed by atoms with Gasteiger partial charge in [-0.2, -0.15) is 5.26 Å². The van der Waals surface area contributed by atoms with Crippen molar-refractivity contribution in [3.63, 3.8) is 0 Å². The normalized spacial score (nSPS) is 12.8. The first-order chi connectivity index (χ1) is 9.99. The Bertz CT molecular complexity index is 553. The first kappa shape index (κ1) is 16.5. The number of hydrogen-bond donors (Lipinski definition) is 3. The van der Waals surface area contributed by atoms with E-state index in [4.69, 9.17) is 20.2 Å². The molecule has 0 fully saturated rings. The van der Waals surface area contributed by atoms with Crippen molar-refractivity contribution in [1.29, 1.82) is 5.26 Å². The highest BCUT2D eigenvalue weighted by atomic mass is 16.5. The van der Waals surface area contributed by atoms with Gasteiger partial charge < -0.3 is 20.3 Å². The molecule has 1 aromatic rings. The van der Waals surface area contributed by atoms with Gasteiger partial charge >= 0.3 is 5.97 Å². The monoisotopic (exact) mass is 292 g/mol. The number of carbonyl (C=O) groups is 2. The van der Waals surface area contributed by atoms with Crippen molar-refractivity contribution in [2.24, 2.45) is 0 Å². The summed E-state index contributed by atoms with van der Waals surface area (Å²) in [6.45, 7) is 1.09. The second-order valence-corrected chi connectivity index (χ2v) is 4.28. The molecule has 7 heteroatoms. The van der Waals surface area contributed by atoms with Crippen LogP contribution in [0.4, 0.5) is 0 Å². The smallest absolute Gasteiger partial charge is 0.326 e. The number of nitrogens with zero attached hydrogens (tertiary/aromatic N) is 1. The second-order valence-electron chi connectivity index (χ2n) is 4.28. The van der Waals surface area contributed by atoms with Gasteiger partial charge in [-0.15, -0.1) is 0 Å². The van der Waals surface area contributed by atoms with Crippen LogP contribution >= 0.6 is 0 Å². The van der Waals surface area contributed by atoms with E-state index >= 15 is 0 Å². The van der Waals surface area contributed by atoms with Gasteiger partial charge in [0.1, 0.15) is 17.9 Å². The summed E-state index contributed by atoms with van der Waals surface area (Å²) in [4.78, 5) is 22.8. The average molecular weight is 292 g/mol. The van der Waals surface area contributed by atoms with Crippen LogP contribution in [0.25, 0.3) is 0 Å². The molecule has 0 saturated carbocycles. The molecular weight excluding hydrogens is 276 g/mol. The number of ether oxygens (including phenoxy) is 1. The van der Waals surface area contributed by atoms with Gasteiger partial charge in [-0.05, 0) is 19.1 Å². The molecule has 0 heterocycles. The third kappa shape index (κ3) is 4.78. The fourth-order valence-corrected chi connectivity index (χ4v) is 1.58. The molecule has 1 rings (SSSR count). The molecule has 0 radical (unpaired) electrons. The van der Waals surface area contributed by atoms with Crippen LogP contribution in [-0.2, 0) is 9.59 Å². The minimum Gasteiger partial charge on any atom is -0.480 e. The van der Waals surface area contributed by atoms with Gasteiger partial charge in [0.2, 0.25) is 0 Å². The minimum atomic E-state index is -1.23. The number of rotatable bonds is 7. The number of benzene rings is 1. The SMILES string of the molecule is CC(Oc1ccccc1C#N)C(=O)NC(CCO)C(=O)O. The molecule has 1 amide bonds. The van der Waals surface area contributed by atoms with Gasteiger partial charge in [0, 0.05) is 13.0 Å². The third-order valence-electron chi connectivity index (χ3n) is 2.71. The van der Waals surface area contributed by atoms with Crippen LogP contribution in [0.5, 0.6) is 5.75 Å². The van der Waals surface area contributed by atoms with Crippen molar-refractivity contribution in [3.05, 3.63) is 29.8 Å². The first-order valence-electron chi connectivity index (χ1n) is 6.29. The number of nitrogens with one attached hydrogen (secondary N) is 1. The van der Waals surface area contributed by atoms with E-state index < -0.39 is 24.0 Å². The van der Waals surface area contributed by atoms with E-state index in [2.05, 4.69) is 5.32 Å². The Hall–Kier alpha value is -2.59. The quantitative estimate of drug-likeness (QED) is 0.664. The zero-order valence-corrected chi connectivity index (χ0v) is 11.4. The van der Waals surface area contributed by atoms with Crippen LogP contribution in [0, 0.1) is 11.3 Å². The van der Waals surface area contributed by atoms with Crippen molar-refractivity contribution in [3.8, 4) is 11.8 Å². The van der Waals surface area contributed by atoms with Crippen LogP contribution in [0.1, 0.15) is 18.9 Å². The molecule has 2 atom stereocenters. The maximum absolute atomic E-state index is 11.9. The van der Waals surface area contributed by atoms with E-state index in [-0.39, 0.29) is 24.3 Å². The molecule has 2 unspecified atom stereocenters. The Balaban J connectivity index is 2.70. The Morgan fingerprint density at radius 2 is 2.10 bits per heavy atom. The summed E-state index contributed by atoms with van der Waals surface area (Å²) >= 11 is 0. The number of carbonyl (C=O) groups excluding carboxylic acids is 1. The maximum atomic E-state index is 11.9. The number of amides is 1. The Kier molecular flexibility index (Phi) is 6.17. The Morgan fingerprint density at radius 3 is 2.67 bits per heavy atom. The van der Waals surface area contributed by atoms with Crippen LogP contribution in [0.2, 0.25) is 0 Å². The number of hydrogen-bond acceptors (Lipinski definition) is 5. The molecule has 0 spiro atoms. The summed E-state index contributed by atoms with van der Waals surface area (Å²) in [5.74, 6) is -1.62. The van der Waals surface area contributed by atoms with Crippen LogP contribution in [0.15, 0.2) is 24.3 Å². The number of para-hydroxylation sites is 1.